The predicted octanol–water partition coefficient (Wildman–Crippen LogP) is 4.98. The third-order valence-electron chi connectivity index (χ3n) is 5.22. The molecule has 1 fully saturated rings. The van der Waals surface area contributed by atoms with Gasteiger partial charge in [-0.15, -0.1) is 11.3 Å². The molecule has 166 valence electrons. The van der Waals surface area contributed by atoms with Crippen LogP contribution in [0.15, 0.2) is 24.3 Å². The van der Waals surface area contributed by atoms with Crippen molar-refractivity contribution < 1.29 is 28.6 Å². The van der Waals surface area contributed by atoms with Crippen LogP contribution in [0, 0.1) is 6.92 Å². The van der Waals surface area contributed by atoms with E-state index < -0.39 is 17.8 Å². The van der Waals surface area contributed by atoms with Gasteiger partial charge in [-0.25, -0.2) is 9.59 Å². The Morgan fingerprint density at radius 2 is 1.74 bits per heavy atom. The van der Waals surface area contributed by atoms with E-state index in [9.17, 15) is 14.4 Å². The molecular weight excluding hydrogens is 418 g/mol. The second kappa shape index (κ2) is 10.4. The van der Waals surface area contributed by atoms with Gasteiger partial charge in [0.05, 0.1) is 19.3 Å². The molecule has 1 aromatic heterocycles. The summed E-state index contributed by atoms with van der Waals surface area (Å²) in [6, 6.07) is 6.59. The van der Waals surface area contributed by atoms with Crippen molar-refractivity contribution in [2.24, 2.45) is 0 Å². The number of ether oxygens (including phenoxy) is 3. The van der Waals surface area contributed by atoms with E-state index in [0.717, 1.165) is 43.4 Å². The highest BCUT2D eigenvalue weighted by Gasteiger charge is 2.29. The monoisotopic (exact) mass is 445 g/mol. The topological polar surface area (TPSA) is 90.9 Å². The van der Waals surface area contributed by atoms with Gasteiger partial charge in [0, 0.05) is 5.56 Å². The fourth-order valence-electron chi connectivity index (χ4n) is 3.55. The van der Waals surface area contributed by atoms with E-state index in [-0.39, 0.29) is 23.3 Å². The maximum Gasteiger partial charge on any atom is 0.348 e. The van der Waals surface area contributed by atoms with Crippen molar-refractivity contribution in [3.05, 3.63) is 45.8 Å². The molecule has 1 aromatic carbocycles. The van der Waals surface area contributed by atoms with Crippen LogP contribution in [0.2, 0.25) is 0 Å². The first-order valence-electron chi connectivity index (χ1n) is 10.4. The van der Waals surface area contributed by atoms with E-state index >= 15 is 0 Å². The van der Waals surface area contributed by atoms with Crippen LogP contribution in [-0.4, -0.2) is 37.7 Å². The normalized spacial score (nSPS) is 14.0. The van der Waals surface area contributed by atoms with Gasteiger partial charge in [-0.1, -0.05) is 6.42 Å². The fourth-order valence-corrected chi connectivity index (χ4v) is 4.62. The number of carbonyl (C=O) groups is 3. The summed E-state index contributed by atoms with van der Waals surface area (Å²) in [5, 5.41) is 3.02. The highest BCUT2D eigenvalue weighted by molar-refractivity contribution is 7.18. The second-order valence-electron chi connectivity index (χ2n) is 7.33. The number of rotatable bonds is 7. The maximum atomic E-state index is 12.8. The summed E-state index contributed by atoms with van der Waals surface area (Å²) in [6.45, 7) is 3.55. The number of carbonyl (C=O) groups excluding carboxylic acids is 3. The summed E-state index contributed by atoms with van der Waals surface area (Å²) in [6.07, 6.45) is 4.83. The summed E-state index contributed by atoms with van der Waals surface area (Å²) >= 11 is 1.04. The van der Waals surface area contributed by atoms with E-state index in [4.69, 9.17) is 14.2 Å². The average Bonchev–Trinajstić information content (AvgIpc) is 3.10. The first-order valence-corrected chi connectivity index (χ1v) is 11.2. The molecule has 3 rings (SSSR count). The molecule has 0 radical (unpaired) electrons. The van der Waals surface area contributed by atoms with Crippen LogP contribution in [-0.2, 0) is 9.47 Å². The molecule has 0 saturated heterocycles. The summed E-state index contributed by atoms with van der Waals surface area (Å²) in [5.74, 6) is -0.826. The molecule has 1 heterocycles. The third kappa shape index (κ3) is 5.44. The Bertz CT molecular complexity index is 944. The Hall–Kier alpha value is -2.87. The molecule has 0 atom stereocenters. The predicted molar refractivity (Wildman–Crippen MR) is 118 cm³/mol. The quantitative estimate of drug-likeness (QED) is 0.604. The van der Waals surface area contributed by atoms with Crippen molar-refractivity contribution in [2.75, 3.05) is 19.0 Å². The number of thiophene rings is 1. The molecule has 1 aliphatic rings. The number of amides is 1. The van der Waals surface area contributed by atoms with Crippen molar-refractivity contribution in [3.63, 3.8) is 0 Å². The van der Waals surface area contributed by atoms with E-state index in [0.29, 0.717) is 21.8 Å². The lowest BCUT2D eigenvalue weighted by molar-refractivity contribution is 0.0216. The zero-order valence-corrected chi connectivity index (χ0v) is 18.8. The third-order valence-corrected chi connectivity index (χ3v) is 6.40. The van der Waals surface area contributed by atoms with Crippen LogP contribution in [0.1, 0.15) is 75.0 Å². The van der Waals surface area contributed by atoms with E-state index in [1.54, 1.807) is 45.2 Å². The number of nitrogens with one attached hydrogen (secondary N) is 1. The molecule has 0 bridgehead atoms. The van der Waals surface area contributed by atoms with E-state index in [1.165, 1.54) is 0 Å². The Morgan fingerprint density at radius 1 is 1.06 bits per heavy atom. The number of esters is 2. The number of hydrogen-bond acceptors (Lipinski definition) is 7. The lowest BCUT2D eigenvalue weighted by Crippen LogP contribution is -2.21. The molecule has 0 spiro atoms. The van der Waals surface area contributed by atoms with E-state index in [1.807, 2.05) is 0 Å². The summed E-state index contributed by atoms with van der Waals surface area (Å²) in [4.78, 5) is 38.4. The summed E-state index contributed by atoms with van der Waals surface area (Å²) in [7, 11) is 1.54. The average molecular weight is 446 g/mol. The molecule has 8 heteroatoms. The van der Waals surface area contributed by atoms with Crippen molar-refractivity contribution >= 4 is 34.2 Å². The molecule has 1 amide bonds. The van der Waals surface area contributed by atoms with Crippen molar-refractivity contribution in [1.82, 2.24) is 0 Å². The number of benzene rings is 1. The van der Waals surface area contributed by atoms with Crippen LogP contribution in [0.25, 0.3) is 0 Å². The zero-order chi connectivity index (χ0) is 22.4. The largest absolute Gasteiger partial charge is 0.497 e. The molecule has 1 N–H and O–H groups in total. The number of hydrogen-bond donors (Lipinski definition) is 1. The number of anilines is 1. The minimum atomic E-state index is -0.585. The van der Waals surface area contributed by atoms with Crippen molar-refractivity contribution in [2.45, 2.75) is 52.1 Å². The van der Waals surface area contributed by atoms with Crippen molar-refractivity contribution in [1.29, 1.82) is 0 Å². The first-order chi connectivity index (χ1) is 14.9. The highest BCUT2D eigenvalue weighted by Crippen LogP contribution is 2.35. The van der Waals surface area contributed by atoms with Gasteiger partial charge in [0.2, 0.25) is 0 Å². The van der Waals surface area contributed by atoms with Gasteiger partial charge in [0.1, 0.15) is 21.7 Å². The first kappa shape index (κ1) is 22.8. The standard InChI is InChI=1S/C23H27NO6S/c1-4-29-22(26)18-14(2)19(23(27)30-17-8-6-5-7-9-17)31-21(18)24-20(25)15-10-12-16(28-3)13-11-15/h10-13,17H,4-9H2,1-3H3,(H,24,25). The van der Waals surface area contributed by atoms with Crippen LogP contribution < -0.4 is 10.1 Å². The molecule has 0 unspecified atom stereocenters. The Morgan fingerprint density at radius 3 is 2.35 bits per heavy atom. The van der Waals surface area contributed by atoms with Gasteiger partial charge in [0.25, 0.3) is 5.91 Å². The Kier molecular flexibility index (Phi) is 7.68. The minimum absolute atomic E-state index is 0.105. The van der Waals surface area contributed by atoms with Crippen LogP contribution in [0.5, 0.6) is 5.75 Å². The Balaban J connectivity index is 1.86. The van der Waals surface area contributed by atoms with Gasteiger partial charge in [-0.05, 0) is 69.4 Å². The second-order valence-corrected chi connectivity index (χ2v) is 8.35. The van der Waals surface area contributed by atoms with Gasteiger partial charge < -0.3 is 19.5 Å². The highest BCUT2D eigenvalue weighted by atomic mass is 32.1. The molecular formula is C23H27NO6S. The molecule has 1 saturated carbocycles. The van der Waals surface area contributed by atoms with Crippen LogP contribution in [0.3, 0.4) is 0 Å². The smallest absolute Gasteiger partial charge is 0.348 e. The van der Waals surface area contributed by atoms with Crippen molar-refractivity contribution in [3.8, 4) is 5.75 Å². The zero-order valence-electron chi connectivity index (χ0n) is 18.0. The fraction of sp³-hybridized carbons (Fsp3) is 0.435. The molecule has 2 aromatic rings. The van der Waals surface area contributed by atoms with E-state index in [2.05, 4.69) is 5.32 Å². The molecule has 7 nitrogen and oxygen atoms in total. The molecule has 0 aliphatic heterocycles. The number of methoxy groups -OCH3 is 1. The SMILES string of the molecule is CCOC(=O)c1c(NC(=O)c2ccc(OC)cc2)sc(C(=O)OC2CCCCC2)c1C. The van der Waals surface area contributed by atoms with Gasteiger partial charge in [-0.2, -0.15) is 0 Å². The van der Waals surface area contributed by atoms with Gasteiger partial charge in [0.15, 0.2) is 0 Å². The molecule has 1 aliphatic carbocycles. The summed E-state index contributed by atoms with van der Waals surface area (Å²) < 4.78 is 15.9. The lowest BCUT2D eigenvalue weighted by atomic mass is 9.98. The molecule has 31 heavy (non-hydrogen) atoms. The van der Waals surface area contributed by atoms with Crippen LogP contribution >= 0.6 is 11.3 Å². The van der Waals surface area contributed by atoms with Crippen LogP contribution in [0.4, 0.5) is 5.00 Å². The van der Waals surface area contributed by atoms with Gasteiger partial charge >= 0.3 is 11.9 Å². The van der Waals surface area contributed by atoms with Gasteiger partial charge in [-0.3, -0.25) is 4.79 Å². The maximum absolute atomic E-state index is 12.8. The summed E-state index contributed by atoms with van der Waals surface area (Å²) in [5.41, 5.74) is 1.03. The Labute approximate surface area is 185 Å². The lowest BCUT2D eigenvalue weighted by Gasteiger charge is -2.21. The minimum Gasteiger partial charge on any atom is -0.497 e.